The molecule has 86 valence electrons. The average molecular weight is 212 g/mol. The monoisotopic (exact) mass is 212 g/mol. The summed E-state index contributed by atoms with van der Waals surface area (Å²) in [6, 6.07) is 0.0231. The Labute approximate surface area is 90.4 Å². The lowest BCUT2D eigenvalue weighted by Gasteiger charge is -2.16. The van der Waals surface area contributed by atoms with Gasteiger partial charge in [0.25, 0.3) is 0 Å². The molecule has 0 aromatic carbocycles. The maximum atomic E-state index is 11.7. The lowest BCUT2D eigenvalue weighted by Crippen LogP contribution is -2.42. The quantitative estimate of drug-likeness (QED) is 0.602. The molecule has 0 spiro atoms. The van der Waals surface area contributed by atoms with Gasteiger partial charge in [-0.05, 0) is 44.1 Å². The first-order valence-corrected chi connectivity index (χ1v) is 5.88. The SMILES string of the molecule is O=C(NCC1(CCO)CC1)[C@@H]1CCCN1. The highest BCUT2D eigenvalue weighted by Crippen LogP contribution is 2.47. The fourth-order valence-corrected chi connectivity index (χ4v) is 2.24. The average Bonchev–Trinajstić information content (AvgIpc) is 2.81. The maximum Gasteiger partial charge on any atom is 0.237 e. The molecule has 2 fully saturated rings. The van der Waals surface area contributed by atoms with Crippen LogP contribution in [-0.2, 0) is 4.79 Å². The minimum absolute atomic E-state index is 0.0231. The summed E-state index contributed by atoms with van der Waals surface area (Å²) in [5, 5.41) is 15.1. The summed E-state index contributed by atoms with van der Waals surface area (Å²) in [5.74, 6) is 0.136. The molecule has 1 heterocycles. The fourth-order valence-electron chi connectivity index (χ4n) is 2.24. The lowest BCUT2D eigenvalue weighted by molar-refractivity contribution is -0.123. The van der Waals surface area contributed by atoms with Crippen molar-refractivity contribution in [1.82, 2.24) is 10.6 Å². The fraction of sp³-hybridized carbons (Fsp3) is 0.909. The highest BCUT2D eigenvalue weighted by molar-refractivity contribution is 5.82. The lowest BCUT2D eigenvalue weighted by atomic mass is 10.0. The van der Waals surface area contributed by atoms with E-state index in [1.54, 1.807) is 0 Å². The van der Waals surface area contributed by atoms with Crippen LogP contribution in [0.2, 0.25) is 0 Å². The molecule has 3 N–H and O–H groups in total. The van der Waals surface area contributed by atoms with Crippen LogP contribution in [0, 0.1) is 5.41 Å². The molecule has 0 aromatic rings. The Hall–Kier alpha value is -0.610. The van der Waals surface area contributed by atoms with Gasteiger partial charge in [-0.15, -0.1) is 0 Å². The molecule has 15 heavy (non-hydrogen) atoms. The minimum Gasteiger partial charge on any atom is -0.396 e. The zero-order valence-electron chi connectivity index (χ0n) is 9.09. The van der Waals surface area contributed by atoms with Crippen molar-refractivity contribution in [2.24, 2.45) is 5.41 Å². The van der Waals surface area contributed by atoms with Gasteiger partial charge in [0.15, 0.2) is 0 Å². The third kappa shape index (κ3) is 2.69. The minimum atomic E-state index is 0.0231. The van der Waals surface area contributed by atoms with E-state index in [2.05, 4.69) is 10.6 Å². The number of carbonyl (C=O) groups is 1. The molecule has 2 aliphatic rings. The van der Waals surface area contributed by atoms with Crippen LogP contribution in [0.5, 0.6) is 0 Å². The van der Waals surface area contributed by atoms with Gasteiger partial charge in [-0.3, -0.25) is 4.79 Å². The Morgan fingerprint density at radius 1 is 1.53 bits per heavy atom. The molecule has 0 bridgehead atoms. The molecule has 1 atom stereocenters. The van der Waals surface area contributed by atoms with E-state index in [4.69, 9.17) is 5.11 Å². The van der Waals surface area contributed by atoms with Gasteiger partial charge in [-0.2, -0.15) is 0 Å². The molecule has 1 saturated heterocycles. The Kier molecular flexibility index (Phi) is 3.26. The van der Waals surface area contributed by atoms with Crippen LogP contribution in [0.4, 0.5) is 0 Å². The molecule has 1 saturated carbocycles. The van der Waals surface area contributed by atoms with Gasteiger partial charge in [0.05, 0.1) is 6.04 Å². The zero-order chi connectivity index (χ0) is 10.7. The number of hydrogen-bond acceptors (Lipinski definition) is 3. The summed E-state index contributed by atoms with van der Waals surface area (Å²) < 4.78 is 0. The third-order valence-electron chi connectivity index (χ3n) is 3.61. The first-order chi connectivity index (χ1) is 7.26. The normalized spacial score (nSPS) is 27.7. The smallest absolute Gasteiger partial charge is 0.237 e. The highest BCUT2D eigenvalue weighted by Gasteiger charge is 2.42. The Balaban J connectivity index is 1.70. The Morgan fingerprint density at radius 3 is 2.87 bits per heavy atom. The van der Waals surface area contributed by atoms with Crippen molar-refractivity contribution in [3.8, 4) is 0 Å². The topological polar surface area (TPSA) is 61.4 Å². The van der Waals surface area contributed by atoms with E-state index < -0.39 is 0 Å². The van der Waals surface area contributed by atoms with Gasteiger partial charge in [0.2, 0.25) is 5.91 Å². The second-order valence-electron chi connectivity index (χ2n) is 4.84. The summed E-state index contributed by atoms with van der Waals surface area (Å²) in [4.78, 5) is 11.7. The molecular formula is C11H20N2O2. The third-order valence-corrected chi connectivity index (χ3v) is 3.61. The van der Waals surface area contributed by atoms with Crippen LogP contribution >= 0.6 is 0 Å². The van der Waals surface area contributed by atoms with Crippen LogP contribution in [0.25, 0.3) is 0 Å². The Morgan fingerprint density at radius 2 is 2.33 bits per heavy atom. The predicted molar refractivity (Wildman–Crippen MR) is 57.4 cm³/mol. The van der Waals surface area contributed by atoms with E-state index >= 15 is 0 Å². The summed E-state index contributed by atoms with van der Waals surface area (Å²) in [6.07, 6.45) is 5.17. The number of rotatable bonds is 5. The molecule has 4 heteroatoms. The van der Waals surface area contributed by atoms with Crippen molar-refractivity contribution in [2.75, 3.05) is 19.7 Å². The standard InChI is InChI=1S/C11H20N2O2/c14-7-5-11(3-4-11)8-13-10(15)9-2-1-6-12-9/h9,12,14H,1-8H2,(H,13,15)/t9-/m0/s1. The molecule has 0 unspecified atom stereocenters. The van der Waals surface area contributed by atoms with Crippen molar-refractivity contribution >= 4 is 5.91 Å². The van der Waals surface area contributed by atoms with Crippen LogP contribution in [0.1, 0.15) is 32.1 Å². The van der Waals surface area contributed by atoms with Crippen molar-refractivity contribution in [1.29, 1.82) is 0 Å². The van der Waals surface area contributed by atoms with E-state index in [-0.39, 0.29) is 24.0 Å². The molecular weight excluding hydrogens is 192 g/mol. The molecule has 4 nitrogen and oxygen atoms in total. The van der Waals surface area contributed by atoms with Gasteiger partial charge < -0.3 is 15.7 Å². The summed E-state index contributed by atoms with van der Waals surface area (Å²) in [7, 11) is 0. The summed E-state index contributed by atoms with van der Waals surface area (Å²) in [6.45, 7) is 1.93. The van der Waals surface area contributed by atoms with Crippen molar-refractivity contribution in [3.05, 3.63) is 0 Å². The van der Waals surface area contributed by atoms with Crippen molar-refractivity contribution in [2.45, 2.75) is 38.1 Å². The molecule has 1 aliphatic carbocycles. The van der Waals surface area contributed by atoms with E-state index in [9.17, 15) is 4.79 Å². The number of nitrogens with one attached hydrogen (secondary N) is 2. The largest absolute Gasteiger partial charge is 0.396 e. The number of aliphatic hydroxyl groups excluding tert-OH is 1. The van der Waals surface area contributed by atoms with Crippen LogP contribution in [0.3, 0.4) is 0 Å². The maximum absolute atomic E-state index is 11.7. The molecule has 1 aliphatic heterocycles. The predicted octanol–water partition coefficient (Wildman–Crippen LogP) is 0.0172. The molecule has 0 radical (unpaired) electrons. The summed E-state index contributed by atoms with van der Waals surface area (Å²) in [5.41, 5.74) is 0.225. The van der Waals surface area contributed by atoms with Gasteiger partial charge in [0, 0.05) is 13.2 Å². The number of hydrogen-bond donors (Lipinski definition) is 3. The van der Waals surface area contributed by atoms with Crippen molar-refractivity contribution in [3.63, 3.8) is 0 Å². The van der Waals surface area contributed by atoms with Crippen LogP contribution < -0.4 is 10.6 Å². The zero-order valence-corrected chi connectivity index (χ0v) is 9.09. The van der Waals surface area contributed by atoms with E-state index in [0.29, 0.717) is 0 Å². The van der Waals surface area contributed by atoms with Gasteiger partial charge in [-0.1, -0.05) is 0 Å². The molecule has 0 aromatic heterocycles. The molecule has 1 amide bonds. The van der Waals surface area contributed by atoms with Crippen LogP contribution in [-0.4, -0.2) is 36.8 Å². The first-order valence-electron chi connectivity index (χ1n) is 5.88. The number of amides is 1. The highest BCUT2D eigenvalue weighted by atomic mass is 16.3. The second kappa shape index (κ2) is 4.49. The number of carbonyl (C=O) groups excluding carboxylic acids is 1. The second-order valence-corrected chi connectivity index (χ2v) is 4.84. The first kappa shape index (κ1) is 10.9. The van der Waals surface area contributed by atoms with E-state index in [0.717, 1.165) is 45.2 Å². The summed E-state index contributed by atoms with van der Waals surface area (Å²) >= 11 is 0. The van der Waals surface area contributed by atoms with Gasteiger partial charge >= 0.3 is 0 Å². The van der Waals surface area contributed by atoms with E-state index in [1.807, 2.05) is 0 Å². The number of aliphatic hydroxyl groups is 1. The van der Waals surface area contributed by atoms with Gasteiger partial charge in [0.1, 0.15) is 0 Å². The Bertz CT molecular complexity index is 233. The van der Waals surface area contributed by atoms with Crippen molar-refractivity contribution < 1.29 is 9.90 Å². The van der Waals surface area contributed by atoms with Crippen LogP contribution in [0.15, 0.2) is 0 Å². The van der Waals surface area contributed by atoms with Gasteiger partial charge in [-0.25, -0.2) is 0 Å². The van der Waals surface area contributed by atoms with E-state index in [1.165, 1.54) is 0 Å². The molecule has 2 rings (SSSR count).